The van der Waals surface area contributed by atoms with Crippen molar-refractivity contribution in [3.05, 3.63) is 52.6 Å². The standard InChI is InChI=1S/C18H20N4O7S/c19-16-5-4-14(11-17(16)22(24)25)29-12-18(23)20-13-2-1-3-15(10-13)30(26,27)21-6-8-28-9-7-21/h1-5,10-11H,6-9,12,19H2,(H,20,23). The van der Waals surface area contributed by atoms with Gasteiger partial charge in [0.05, 0.1) is 29.1 Å². The van der Waals surface area contributed by atoms with Gasteiger partial charge in [-0.25, -0.2) is 8.42 Å². The smallest absolute Gasteiger partial charge is 0.295 e. The molecule has 1 fully saturated rings. The van der Waals surface area contributed by atoms with Gasteiger partial charge in [0.25, 0.3) is 11.6 Å². The highest BCUT2D eigenvalue weighted by molar-refractivity contribution is 7.89. The first-order valence-electron chi connectivity index (χ1n) is 8.92. The van der Waals surface area contributed by atoms with Crippen molar-refractivity contribution in [2.45, 2.75) is 4.90 Å². The van der Waals surface area contributed by atoms with Crippen molar-refractivity contribution in [2.75, 3.05) is 44.0 Å². The first-order chi connectivity index (χ1) is 14.3. The van der Waals surface area contributed by atoms with Crippen LogP contribution in [0.4, 0.5) is 17.1 Å². The van der Waals surface area contributed by atoms with E-state index in [1.165, 1.54) is 34.6 Å². The number of ether oxygens (including phenoxy) is 2. The van der Waals surface area contributed by atoms with E-state index < -0.39 is 27.5 Å². The maximum absolute atomic E-state index is 12.7. The zero-order valence-corrected chi connectivity index (χ0v) is 16.6. The van der Waals surface area contributed by atoms with Crippen molar-refractivity contribution < 1.29 is 27.6 Å². The molecule has 0 radical (unpaired) electrons. The molecule has 1 aliphatic rings. The second kappa shape index (κ2) is 9.07. The molecule has 0 aromatic heterocycles. The highest BCUT2D eigenvalue weighted by atomic mass is 32.2. The number of hydrogen-bond donors (Lipinski definition) is 2. The molecule has 0 unspecified atom stereocenters. The molecule has 11 nitrogen and oxygen atoms in total. The number of nitro benzene ring substituents is 1. The SMILES string of the molecule is Nc1ccc(OCC(=O)Nc2cccc(S(=O)(=O)N3CCOCC3)c2)cc1[N+](=O)[O-]. The van der Waals surface area contributed by atoms with Gasteiger partial charge in [0, 0.05) is 18.8 Å². The molecule has 0 aliphatic carbocycles. The zero-order valence-electron chi connectivity index (χ0n) is 15.8. The monoisotopic (exact) mass is 436 g/mol. The van der Waals surface area contributed by atoms with Gasteiger partial charge in [-0.15, -0.1) is 0 Å². The van der Waals surface area contributed by atoms with Gasteiger partial charge >= 0.3 is 0 Å². The van der Waals surface area contributed by atoms with Gasteiger partial charge in [-0.3, -0.25) is 14.9 Å². The van der Waals surface area contributed by atoms with Crippen LogP contribution in [0, 0.1) is 10.1 Å². The summed E-state index contributed by atoms with van der Waals surface area (Å²) < 4.78 is 37.2. The summed E-state index contributed by atoms with van der Waals surface area (Å²) in [4.78, 5) is 22.5. The molecule has 160 valence electrons. The highest BCUT2D eigenvalue weighted by Crippen LogP contribution is 2.26. The Morgan fingerprint density at radius 2 is 1.97 bits per heavy atom. The van der Waals surface area contributed by atoms with E-state index in [1.54, 1.807) is 6.07 Å². The van der Waals surface area contributed by atoms with Crippen molar-refractivity contribution in [2.24, 2.45) is 0 Å². The molecule has 2 aromatic carbocycles. The van der Waals surface area contributed by atoms with E-state index in [4.69, 9.17) is 15.2 Å². The number of amides is 1. The molecule has 30 heavy (non-hydrogen) atoms. The summed E-state index contributed by atoms with van der Waals surface area (Å²) in [5, 5.41) is 13.5. The van der Waals surface area contributed by atoms with Crippen molar-refractivity contribution in [1.82, 2.24) is 4.31 Å². The lowest BCUT2D eigenvalue weighted by atomic mass is 10.2. The molecular weight excluding hydrogens is 416 g/mol. The number of carbonyl (C=O) groups is 1. The third-order valence-electron chi connectivity index (χ3n) is 4.29. The molecule has 3 N–H and O–H groups in total. The third kappa shape index (κ3) is 5.03. The summed E-state index contributed by atoms with van der Waals surface area (Å²) in [5.41, 5.74) is 5.45. The molecule has 0 atom stereocenters. The van der Waals surface area contributed by atoms with Crippen LogP contribution in [-0.4, -0.2) is 56.5 Å². The fourth-order valence-electron chi connectivity index (χ4n) is 2.79. The van der Waals surface area contributed by atoms with E-state index in [-0.39, 0.29) is 40.8 Å². The topological polar surface area (TPSA) is 154 Å². The Hall–Kier alpha value is -3.22. The predicted octanol–water partition coefficient (Wildman–Crippen LogP) is 1.22. The van der Waals surface area contributed by atoms with Gasteiger partial charge in [0.15, 0.2) is 6.61 Å². The molecule has 1 saturated heterocycles. The molecule has 12 heteroatoms. The molecule has 0 spiro atoms. The number of nitrogens with one attached hydrogen (secondary N) is 1. The Morgan fingerprint density at radius 1 is 1.23 bits per heavy atom. The van der Waals surface area contributed by atoms with E-state index in [1.807, 2.05) is 0 Å². The summed E-state index contributed by atoms with van der Waals surface area (Å²) in [7, 11) is -3.70. The van der Waals surface area contributed by atoms with Gasteiger partial charge in [0.1, 0.15) is 11.4 Å². The highest BCUT2D eigenvalue weighted by Gasteiger charge is 2.26. The average Bonchev–Trinajstić information content (AvgIpc) is 2.74. The molecule has 1 aliphatic heterocycles. The molecule has 1 amide bonds. The maximum atomic E-state index is 12.7. The molecule has 1 heterocycles. The molecular formula is C18H20N4O7S. The van der Waals surface area contributed by atoms with E-state index in [9.17, 15) is 23.3 Å². The number of nitrogen functional groups attached to an aromatic ring is 1. The van der Waals surface area contributed by atoms with Crippen LogP contribution in [0.2, 0.25) is 0 Å². The minimum Gasteiger partial charge on any atom is -0.484 e. The van der Waals surface area contributed by atoms with Crippen LogP contribution in [0.5, 0.6) is 5.75 Å². The van der Waals surface area contributed by atoms with Gasteiger partial charge in [-0.2, -0.15) is 4.31 Å². The quantitative estimate of drug-likeness (QED) is 0.373. The van der Waals surface area contributed by atoms with Crippen LogP contribution in [0.15, 0.2) is 47.4 Å². The van der Waals surface area contributed by atoms with E-state index in [0.29, 0.717) is 13.2 Å². The number of nitrogens with two attached hydrogens (primary N) is 1. The average molecular weight is 436 g/mol. The Kier molecular flexibility index (Phi) is 6.50. The lowest BCUT2D eigenvalue weighted by Crippen LogP contribution is -2.40. The van der Waals surface area contributed by atoms with Crippen LogP contribution in [0.3, 0.4) is 0 Å². The van der Waals surface area contributed by atoms with Gasteiger partial charge in [-0.1, -0.05) is 6.07 Å². The lowest BCUT2D eigenvalue weighted by molar-refractivity contribution is -0.384. The second-order valence-corrected chi connectivity index (χ2v) is 8.30. The molecule has 0 saturated carbocycles. The van der Waals surface area contributed by atoms with Crippen molar-refractivity contribution in [3.63, 3.8) is 0 Å². The summed E-state index contributed by atoms with van der Waals surface area (Å²) >= 11 is 0. The van der Waals surface area contributed by atoms with Crippen LogP contribution in [0.1, 0.15) is 0 Å². The van der Waals surface area contributed by atoms with Crippen LogP contribution in [-0.2, 0) is 19.6 Å². The van der Waals surface area contributed by atoms with E-state index in [2.05, 4.69) is 5.32 Å². The zero-order chi connectivity index (χ0) is 21.7. The number of carbonyl (C=O) groups excluding carboxylic acids is 1. The first-order valence-corrected chi connectivity index (χ1v) is 10.4. The van der Waals surface area contributed by atoms with Crippen LogP contribution >= 0.6 is 0 Å². The number of benzene rings is 2. The first kappa shape index (κ1) is 21.5. The second-order valence-electron chi connectivity index (χ2n) is 6.36. The normalized spacial score (nSPS) is 14.8. The molecule has 0 bridgehead atoms. The van der Waals surface area contributed by atoms with Crippen LogP contribution < -0.4 is 15.8 Å². The number of morpholine rings is 1. The van der Waals surface area contributed by atoms with Gasteiger partial charge < -0.3 is 20.5 Å². The minimum atomic E-state index is -3.70. The molecule has 3 rings (SSSR count). The number of sulfonamides is 1. The fraction of sp³-hybridized carbons (Fsp3) is 0.278. The minimum absolute atomic E-state index is 0.0184. The van der Waals surface area contributed by atoms with Crippen molar-refractivity contribution in [3.8, 4) is 5.75 Å². The lowest BCUT2D eigenvalue weighted by Gasteiger charge is -2.26. The third-order valence-corrected chi connectivity index (χ3v) is 6.19. The maximum Gasteiger partial charge on any atom is 0.295 e. The van der Waals surface area contributed by atoms with Crippen molar-refractivity contribution in [1.29, 1.82) is 0 Å². The fourth-order valence-corrected chi connectivity index (χ4v) is 4.24. The number of nitrogens with zero attached hydrogens (tertiary/aromatic N) is 2. The summed E-state index contributed by atoms with van der Waals surface area (Å²) in [6.45, 7) is 0.759. The number of nitro groups is 1. The van der Waals surface area contributed by atoms with Gasteiger partial charge in [0.2, 0.25) is 10.0 Å². The Morgan fingerprint density at radius 3 is 2.67 bits per heavy atom. The van der Waals surface area contributed by atoms with E-state index in [0.717, 1.165) is 6.07 Å². The number of hydrogen-bond acceptors (Lipinski definition) is 8. The predicted molar refractivity (Wildman–Crippen MR) is 108 cm³/mol. The molecule has 2 aromatic rings. The summed E-state index contributed by atoms with van der Waals surface area (Å²) in [5.74, 6) is -0.454. The number of anilines is 2. The summed E-state index contributed by atoms with van der Waals surface area (Å²) in [6.07, 6.45) is 0. The van der Waals surface area contributed by atoms with Gasteiger partial charge in [-0.05, 0) is 30.3 Å². The van der Waals surface area contributed by atoms with Crippen molar-refractivity contribution >= 4 is 33.0 Å². The summed E-state index contributed by atoms with van der Waals surface area (Å²) in [6, 6.07) is 9.72. The van der Waals surface area contributed by atoms with E-state index >= 15 is 0 Å². The Balaban J connectivity index is 1.64. The Labute approximate surface area is 172 Å². The Bertz CT molecular complexity index is 1050. The largest absolute Gasteiger partial charge is 0.484 e. The van der Waals surface area contributed by atoms with Crippen LogP contribution in [0.25, 0.3) is 0 Å². The number of rotatable bonds is 7.